The standard InChI is InChI=1S/C15H10F3NO2/c1-10(11-5-3-2-4-6-11)13-8-7-12(15(16,17)18)9-14(13)19(20)21/h2-9H,1H2. The number of nitrogens with zero attached hydrogens (tertiary/aromatic N) is 1. The molecule has 21 heavy (non-hydrogen) atoms. The van der Waals surface area contributed by atoms with Crippen LogP contribution in [0.2, 0.25) is 0 Å². The molecule has 0 atom stereocenters. The van der Waals surface area contributed by atoms with Crippen LogP contribution in [0.25, 0.3) is 5.57 Å². The summed E-state index contributed by atoms with van der Waals surface area (Å²) in [6.45, 7) is 3.74. The highest BCUT2D eigenvalue weighted by Crippen LogP contribution is 2.36. The van der Waals surface area contributed by atoms with Crippen molar-refractivity contribution in [2.75, 3.05) is 0 Å². The molecular formula is C15H10F3NO2. The van der Waals surface area contributed by atoms with Gasteiger partial charge in [0.1, 0.15) is 0 Å². The van der Waals surface area contributed by atoms with Crippen LogP contribution in [0.15, 0.2) is 55.1 Å². The summed E-state index contributed by atoms with van der Waals surface area (Å²) in [6, 6.07) is 11.0. The molecule has 0 radical (unpaired) electrons. The van der Waals surface area contributed by atoms with E-state index in [0.29, 0.717) is 17.2 Å². The molecule has 0 saturated heterocycles. The average Bonchev–Trinajstić information content (AvgIpc) is 2.45. The van der Waals surface area contributed by atoms with Crippen LogP contribution in [0.5, 0.6) is 0 Å². The molecule has 0 heterocycles. The summed E-state index contributed by atoms with van der Waals surface area (Å²) < 4.78 is 37.9. The Morgan fingerprint density at radius 2 is 1.71 bits per heavy atom. The number of nitro groups is 1. The van der Waals surface area contributed by atoms with Crippen molar-refractivity contribution in [3.05, 3.63) is 81.9 Å². The van der Waals surface area contributed by atoms with Gasteiger partial charge in [0, 0.05) is 6.07 Å². The second-order valence-corrected chi connectivity index (χ2v) is 4.33. The van der Waals surface area contributed by atoms with Gasteiger partial charge in [-0.05, 0) is 23.3 Å². The van der Waals surface area contributed by atoms with Gasteiger partial charge in [0.25, 0.3) is 5.69 Å². The van der Waals surface area contributed by atoms with Crippen LogP contribution in [-0.4, -0.2) is 4.92 Å². The monoisotopic (exact) mass is 293 g/mol. The maximum atomic E-state index is 12.6. The smallest absolute Gasteiger partial charge is 0.258 e. The fraction of sp³-hybridized carbons (Fsp3) is 0.0667. The molecule has 6 heteroatoms. The number of hydrogen-bond donors (Lipinski definition) is 0. The van der Waals surface area contributed by atoms with E-state index in [2.05, 4.69) is 6.58 Å². The highest BCUT2D eigenvalue weighted by molar-refractivity contribution is 5.82. The lowest BCUT2D eigenvalue weighted by molar-refractivity contribution is -0.385. The van der Waals surface area contributed by atoms with Crippen molar-refractivity contribution in [3.8, 4) is 0 Å². The molecule has 0 bridgehead atoms. The lowest BCUT2D eigenvalue weighted by Crippen LogP contribution is -2.06. The Balaban J connectivity index is 2.54. The fourth-order valence-electron chi connectivity index (χ4n) is 1.91. The number of nitro benzene ring substituents is 1. The quantitative estimate of drug-likeness (QED) is 0.609. The number of hydrogen-bond acceptors (Lipinski definition) is 2. The average molecular weight is 293 g/mol. The Morgan fingerprint density at radius 1 is 1.10 bits per heavy atom. The van der Waals surface area contributed by atoms with Gasteiger partial charge in [-0.1, -0.05) is 36.9 Å². The van der Waals surface area contributed by atoms with Crippen molar-refractivity contribution in [2.24, 2.45) is 0 Å². The first-order chi connectivity index (χ1) is 9.80. The van der Waals surface area contributed by atoms with E-state index < -0.39 is 22.4 Å². The minimum atomic E-state index is -4.63. The Morgan fingerprint density at radius 3 is 2.24 bits per heavy atom. The summed E-state index contributed by atoms with van der Waals surface area (Å²) in [5.74, 6) is 0. The fourth-order valence-corrected chi connectivity index (χ4v) is 1.91. The van der Waals surface area contributed by atoms with Crippen molar-refractivity contribution < 1.29 is 18.1 Å². The van der Waals surface area contributed by atoms with Gasteiger partial charge in [-0.15, -0.1) is 0 Å². The predicted molar refractivity (Wildman–Crippen MR) is 72.7 cm³/mol. The first-order valence-corrected chi connectivity index (χ1v) is 5.91. The first kappa shape index (κ1) is 14.8. The van der Waals surface area contributed by atoms with Crippen LogP contribution in [0.3, 0.4) is 0 Å². The van der Waals surface area contributed by atoms with Gasteiger partial charge in [-0.3, -0.25) is 10.1 Å². The van der Waals surface area contributed by atoms with Crippen LogP contribution in [0.4, 0.5) is 18.9 Å². The highest BCUT2D eigenvalue weighted by Gasteiger charge is 2.33. The summed E-state index contributed by atoms with van der Waals surface area (Å²) in [4.78, 5) is 10.2. The third-order valence-electron chi connectivity index (χ3n) is 2.97. The summed E-state index contributed by atoms with van der Waals surface area (Å²) in [7, 11) is 0. The molecule has 0 N–H and O–H groups in total. The third-order valence-corrected chi connectivity index (χ3v) is 2.97. The number of halogens is 3. The van der Waals surface area contributed by atoms with Gasteiger partial charge in [-0.25, -0.2) is 0 Å². The molecule has 0 aliphatic carbocycles. The van der Waals surface area contributed by atoms with E-state index in [1.807, 2.05) is 0 Å². The molecule has 0 spiro atoms. The van der Waals surface area contributed by atoms with Gasteiger partial charge < -0.3 is 0 Å². The van der Waals surface area contributed by atoms with E-state index in [4.69, 9.17) is 0 Å². The molecule has 0 aliphatic rings. The molecule has 0 fully saturated rings. The van der Waals surface area contributed by atoms with Gasteiger partial charge in [0.2, 0.25) is 0 Å². The van der Waals surface area contributed by atoms with Crippen molar-refractivity contribution in [3.63, 3.8) is 0 Å². The Kier molecular flexibility index (Phi) is 3.80. The molecule has 0 amide bonds. The molecule has 2 aromatic carbocycles. The van der Waals surface area contributed by atoms with Gasteiger partial charge >= 0.3 is 6.18 Å². The second-order valence-electron chi connectivity index (χ2n) is 4.33. The first-order valence-electron chi connectivity index (χ1n) is 5.91. The maximum Gasteiger partial charge on any atom is 0.416 e. The zero-order chi connectivity index (χ0) is 15.6. The summed E-state index contributed by atoms with van der Waals surface area (Å²) in [5, 5.41) is 11.0. The van der Waals surface area contributed by atoms with Crippen molar-refractivity contribution >= 4 is 11.3 Å². The van der Waals surface area contributed by atoms with Crippen LogP contribution < -0.4 is 0 Å². The summed E-state index contributed by atoms with van der Waals surface area (Å²) >= 11 is 0. The predicted octanol–water partition coefficient (Wildman–Crippen LogP) is 4.68. The molecule has 0 unspecified atom stereocenters. The summed E-state index contributed by atoms with van der Waals surface area (Å²) in [5.41, 5.74) is -0.687. The highest BCUT2D eigenvalue weighted by atomic mass is 19.4. The molecule has 0 aliphatic heterocycles. The van der Waals surface area contributed by atoms with E-state index in [9.17, 15) is 23.3 Å². The van der Waals surface area contributed by atoms with Gasteiger partial charge in [0.15, 0.2) is 0 Å². The van der Waals surface area contributed by atoms with Crippen LogP contribution in [0, 0.1) is 10.1 Å². The molecule has 2 aromatic rings. The lowest BCUT2D eigenvalue weighted by Gasteiger charge is -2.10. The maximum absolute atomic E-state index is 12.6. The van der Waals surface area contributed by atoms with Crippen LogP contribution in [-0.2, 0) is 6.18 Å². The van der Waals surface area contributed by atoms with Crippen LogP contribution >= 0.6 is 0 Å². The van der Waals surface area contributed by atoms with Gasteiger partial charge in [0.05, 0.1) is 16.1 Å². The zero-order valence-electron chi connectivity index (χ0n) is 10.7. The summed E-state index contributed by atoms with van der Waals surface area (Å²) in [6.07, 6.45) is -4.63. The molecule has 0 saturated carbocycles. The van der Waals surface area contributed by atoms with Gasteiger partial charge in [-0.2, -0.15) is 13.2 Å². The Bertz CT molecular complexity index is 694. The van der Waals surface area contributed by atoms with E-state index >= 15 is 0 Å². The minimum Gasteiger partial charge on any atom is -0.258 e. The van der Waals surface area contributed by atoms with E-state index in [0.717, 1.165) is 12.1 Å². The number of benzene rings is 2. The molecule has 108 valence electrons. The SMILES string of the molecule is C=C(c1ccccc1)c1ccc(C(F)(F)F)cc1[N+](=O)[O-]. The van der Waals surface area contributed by atoms with Crippen molar-refractivity contribution in [2.45, 2.75) is 6.18 Å². The minimum absolute atomic E-state index is 0.0687. The van der Waals surface area contributed by atoms with E-state index in [1.165, 1.54) is 0 Å². The topological polar surface area (TPSA) is 43.1 Å². The number of rotatable bonds is 3. The molecule has 0 aromatic heterocycles. The molecular weight excluding hydrogens is 283 g/mol. The van der Waals surface area contributed by atoms with E-state index in [1.54, 1.807) is 30.3 Å². The Labute approximate surface area is 118 Å². The lowest BCUT2D eigenvalue weighted by atomic mass is 9.97. The normalized spacial score (nSPS) is 11.2. The second kappa shape index (κ2) is 5.40. The van der Waals surface area contributed by atoms with Crippen LogP contribution in [0.1, 0.15) is 16.7 Å². The Hall–Kier alpha value is -2.63. The zero-order valence-corrected chi connectivity index (χ0v) is 10.7. The third kappa shape index (κ3) is 3.10. The largest absolute Gasteiger partial charge is 0.416 e. The van der Waals surface area contributed by atoms with Crippen molar-refractivity contribution in [1.29, 1.82) is 0 Å². The molecule has 2 rings (SSSR count). The molecule has 3 nitrogen and oxygen atoms in total. The van der Waals surface area contributed by atoms with E-state index in [-0.39, 0.29) is 5.56 Å². The van der Waals surface area contributed by atoms with Crippen molar-refractivity contribution in [1.82, 2.24) is 0 Å². The number of alkyl halides is 3.